The number of halogens is 1. The number of amides is 1. The van der Waals surface area contributed by atoms with Crippen LogP contribution in [-0.4, -0.2) is 10.9 Å². The molecule has 3 nitrogen and oxygen atoms in total. The quantitative estimate of drug-likeness (QED) is 0.718. The number of hydrogen-bond donors (Lipinski definition) is 1. The van der Waals surface area contributed by atoms with E-state index in [1.165, 1.54) is 11.3 Å². The van der Waals surface area contributed by atoms with E-state index in [9.17, 15) is 4.79 Å². The first kappa shape index (κ1) is 13.5. The van der Waals surface area contributed by atoms with Crippen LogP contribution in [0.2, 0.25) is 0 Å². The minimum Gasteiger partial charge on any atom is -0.321 e. The number of nitrogens with zero attached hydrogens (tertiary/aromatic N) is 1. The van der Waals surface area contributed by atoms with Gasteiger partial charge in [-0.25, -0.2) is 4.98 Å². The number of carbonyl (C=O) groups is 1. The van der Waals surface area contributed by atoms with Crippen molar-refractivity contribution in [2.75, 3.05) is 5.32 Å². The highest BCUT2D eigenvalue weighted by Gasteiger charge is 2.12. The molecule has 0 aliphatic carbocycles. The minimum atomic E-state index is -0.136. The van der Waals surface area contributed by atoms with E-state index in [4.69, 9.17) is 0 Å². The van der Waals surface area contributed by atoms with Crippen LogP contribution >= 0.6 is 38.6 Å². The van der Waals surface area contributed by atoms with Crippen LogP contribution in [0, 0.1) is 0 Å². The molecule has 0 saturated heterocycles. The van der Waals surface area contributed by atoms with Gasteiger partial charge < -0.3 is 5.32 Å². The molecule has 1 N–H and O–H groups in total. The highest BCUT2D eigenvalue weighted by Crippen LogP contribution is 2.29. The van der Waals surface area contributed by atoms with Gasteiger partial charge in [0, 0.05) is 10.2 Å². The van der Waals surface area contributed by atoms with Gasteiger partial charge in [0.25, 0.3) is 5.91 Å². The number of carbonyl (C=O) groups excluding carboxylic acids is 1. The third-order valence-corrected chi connectivity index (χ3v) is 5.07. The number of thiazole rings is 1. The molecule has 0 aliphatic heterocycles. The topological polar surface area (TPSA) is 42.0 Å². The Morgan fingerprint density at radius 2 is 2.15 bits per heavy atom. The van der Waals surface area contributed by atoms with Crippen molar-refractivity contribution in [3.05, 3.63) is 57.3 Å². The highest BCUT2D eigenvalue weighted by molar-refractivity contribution is 9.10. The fraction of sp³-hybridized carbons (Fsp3) is 0. The molecule has 0 unspecified atom stereocenters. The summed E-state index contributed by atoms with van der Waals surface area (Å²) in [6.45, 7) is 0. The molecule has 2 heterocycles. The van der Waals surface area contributed by atoms with Gasteiger partial charge in [-0.2, -0.15) is 0 Å². The van der Waals surface area contributed by atoms with Crippen LogP contribution in [0.25, 0.3) is 9.88 Å². The summed E-state index contributed by atoms with van der Waals surface area (Å²) in [7, 11) is 0. The zero-order chi connectivity index (χ0) is 13.9. The molecule has 3 rings (SSSR count). The lowest BCUT2D eigenvalue weighted by atomic mass is 10.3. The molecule has 20 heavy (non-hydrogen) atoms. The Morgan fingerprint density at radius 1 is 1.25 bits per heavy atom. The van der Waals surface area contributed by atoms with Gasteiger partial charge in [0.2, 0.25) is 0 Å². The number of thiophene rings is 1. The lowest BCUT2D eigenvalue weighted by molar-refractivity contribution is 0.103. The number of rotatable bonds is 3. The summed E-state index contributed by atoms with van der Waals surface area (Å²) in [6, 6.07) is 11.5. The van der Waals surface area contributed by atoms with Gasteiger partial charge in [0.1, 0.15) is 9.88 Å². The van der Waals surface area contributed by atoms with E-state index in [-0.39, 0.29) is 5.91 Å². The van der Waals surface area contributed by atoms with E-state index in [1.54, 1.807) is 17.5 Å². The summed E-state index contributed by atoms with van der Waals surface area (Å²) in [6.07, 6.45) is 1.62. The van der Waals surface area contributed by atoms with Crippen molar-refractivity contribution in [3.63, 3.8) is 0 Å². The first-order valence-corrected chi connectivity index (χ1v) is 8.28. The zero-order valence-corrected chi connectivity index (χ0v) is 13.4. The van der Waals surface area contributed by atoms with Gasteiger partial charge in [-0.1, -0.05) is 28.1 Å². The number of hydrogen-bond acceptors (Lipinski definition) is 4. The molecule has 6 heteroatoms. The highest BCUT2D eigenvalue weighted by atomic mass is 79.9. The molecule has 2 aromatic heterocycles. The first-order valence-electron chi connectivity index (χ1n) is 5.79. The monoisotopic (exact) mass is 364 g/mol. The first-order chi connectivity index (χ1) is 9.72. The summed E-state index contributed by atoms with van der Waals surface area (Å²) in [5, 5.41) is 5.73. The maximum atomic E-state index is 12.2. The van der Waals surface area contributed by atoms with Crippen LogP contribution in [0.1, 0.15) is 9.67 Å². The summed E-state index contributed by atoms with van der Waals surface area (Å²) in [5.41, 5.74) is 0.760. The molecule has 100 valence electrons. The number of anilines is 1. The Bertz CT molecular complexity index is 737. The van der Waals surface area contributed by atoms with Crippen molar-refractivity contribution in [2.24, 2.45) is 0 Å². The van der Waals surface area contributed by atoms with Crippen LogP contribution in [0.4, 0.5) is 5.69 Å². The normalized spacial score (nSPS) is 10.4. The molecule has 0 saturated carbocycles. The van der Waals surface area contributed by atoms with Gasteiger partial charge >= 0.3 is 0 Å². The molecule has 1 aromatic carbocycles. The summed E-state index contributed by atoms with van der Waals surface area (Å²) in [5.74, 6) is -0.136. The van der Waals surface area contributed by atoms with Gasteiger partial charge in [-0.05, 0) is 29.6 Å². The second-order valence-electron chi connectivity index (χ2n) is 3.97. The molecule has 0 bridgehead atoms. The molecule has 0 spiro atoms. The van der Waals surface area contributed by atoms with Crippen LogP contribution in [0.5, 0.6) is 0 Å². The Balaban J connectivity index is 1.78. The largest absolute Gasteiger partial charge is 0.321 e. The van der Waals surface area contributed by atoms with Crippen LogP contribution in [0.3, 0.4) is 0 Å². The Morgan fingerprint density at radius 3 is 2.90 bits per heavy atom. The lowest BCUT2D eigenvalue weighted by Gasteiger charge is -2.03. The van der Waals surface area contributed by atoms with E-state index in [0.29, 0.717) is 4.88 Å². The maximum absolute atomic E-state index is 12.2. The average Bonchev–Trinajstić information content (AvgIpc) is 3.10. The SMILES string of the molecule is O=C(Nc1cccc(Br)c1)c1cnc(-c2cccs2)s1. The number of nitrogens with one attached hydrogen (secondary N) is 1. The Hall–Kier alpha value is -1.50. The standard InChI is InChI=1S/C14H9BrN2OS2/c15-9-3-1-4-10(7-9)17-13(18)12-8-16-14(20-12)11-5-2-6-19-11/h1-8H,(H,17,18). The van der Waals surface area contributed by atoms with Crippen LogP contribution in [0.15, 0.2) is 52.4 Å². The van der Waals surface area contributed by atoms with Gasteiger partial charge in [0.05, 0.1) is 11.1 Å². The second-order valence-corrected chi connectivity index (χ2v) is 6.87. The van der Waals surface area contributed by atoms with Crippen molar-refractivity contribution in [1.82, 2.24) is 4.98 Å². The fourth-order valence-electron chi connectivity index (χ4n) is 1.65. The molecule has 0 radical (unpaired) electrons. The van der Waals surface area contributed by atoms with Crippen molar-refractivity contribution in [3.8, 4) is 9.88 Å². The lowest BCUT2D eigenvalue weighted by Crippen LogP contribution is -2.09. The molecular formula is C14H9BrN2OS2. The zero-order valence-electron chi connectivity index (χ0n) is 10.2. The van der Waals surface area contributed by atoms with E-state index in [2.05, 4.69) is 26.2 Å². The molecule has 3 aromatic rings. The summed E-state index contributed by atoms with van der Waals surface area (Å²) >= 11 is 6.39. The van der Waals surface area contributed by atoms with Crippen molar-refractivity contribution in [1.29, 1.82) is 0 Å². The predicted octanol–water partition coefficient (Wildman–Crippen LogP) is 4.89. The van der Waals surface area contributed by atoms with Crippen LogP contribution < -0.4 is 5.32 Å². The number of benzene rings is 1. The van der Waals surface area contributed by atoms with Crippen molar-refractivity contribution in [2.45, 2.75) is 0 Å². The van der Waals surface area contributed by atoms with E-state index in [0.717, 1.165) is 20.0 Å². The van der Waals surface area contributed by atoms with E-state index in [1.807, 2.05) is 41.8 Å². The van der Waals surface area contributed by atoms with E-state index >= 15 is 0 Å². The third kappa shape index (κ3) is 2.98. The summed E-state index contributed by atoms with van der Waals surface area (Å²) in [4.78, 5) is 18.1. The predicted molar refractivity (Wildman–Crippen MR) is 87.5 cm³/mol. The van der Waals surface area contributed by atoms with Crippen LogP contribution in [-0.2, 0) is 0 Å². The Labute approximate surface area is 132 Å². The molecule has 0 fully saturated rings. The second kappa shape index (κ2) is 5.87. The van der Waals surface area contributed by atoms with E-state index < -0.39 is 0 Å². The van der Waals surface area contributed by atoms with Gasteiger partial charge in [0.15, 0.2) is 0 Å². The average molecular weight is 365 g/mol. The van der Waals surface area contributed by atoms with Crippen molar-refractivity contribution >= 4 is 50.2 Å². The van der Waals surface area contributed by atoms with Crippen molar-refractivity contribution < 1.29 is 4.79 Å². The molecule has 0 atom stereocenters. The molecular weight excluding hydrogens is 356 g/mol. The maximum Gasteiger partial charge on any atom is 0.267 e. The minimum absolute atomic E-state index is 0.136. The van der Waals surface area contributed by atoms with Gasteiger partial charge in [-0.3, -0.25) is 4.79 Å². The fourth-order valence-corrected chi connectivity index (χ4v) is 3.67. The Kier molecular flexibility index (Phi) is 3.95. The number of aromatic nitrogens is 1. The molecule has 1 amide bonds. The third-order valence-electron chi connectivity index (χ3n) is 2.54. The molecule has 0 aliphatic rings. The van der Waals surface area contributed by atoms with Gasteiger partial charge in [-0.15, -0.1) is 22.7 Å². The smallest absolute Gasteiger partial charge is 0.267 e. The summed E-state index contributed by atoms with van der Waals surface area (Å²) < 4.78 is 0.930.